The van der Waals surface area contributed by atoms with Gasteiger partial charge in [-0.05, 0) is 24.6 Å². The summed E-state index contributed by atoms with van der Waals surface area (Å²) >= 11 is 5.69. The molecule has 0 radical (unpaired) electrons. The van der Waals surface area contributed by atoms with E-state index in [1.54, 1.807) is 0 Å². The maximum atomic E-state index is 12.9. The van der Waals surface area contributed by atoms with Gasteiger partial charge in [-0.3, -0.25) is 9.59 Å². The molecule has 1 fully saturated rings. The molecule has 0 saturated carbocycles. The lowest BCUT2D eigenvalue weighted by Gasteiger charge is -2.23. The van der Waals surface area contributed by atoms with Crippen LogP contribution in [0.25, 0.3) is 0 Å². The summed E-state index contributed by atoms with van der Waals surface area (Å²) in [6.45, 7) is 0.112. The molecule has 0 bridgehead atoms. The number of likely N-dealkylation sites (tertiary alicyclic amines) is 1. The quantitative estimate of drug-likeness (QED) is 0.890. The van der Waals surface area contributed by atoms with E-state index in [1.807, 2.05) is 0 Å². The summed E-state index contributed by atoms with van der Waals surface area (Å²) in [4.78, 5) is 24.8. The smallest absolute Gasteiger partial charge is 0.416 e. The third-order valence-corrected chi connectivity index (χ3v) is 4.07. The molecule has 1 heterocycles. The minimum Gasteiger partial charge on any atom is -0.481 e. The number of aliphatic carboxylic acids is 1. The number of carbonyl (C=O) groups is 2. The summed E-state index contributed by atoms with van der Waals surface area (Å²) in [7, 11) is 1.43. The van der Waals surface area contributed by atoms with Gasteiger partial charge in [0.05, 0.1) is 18.1 Å². The zero-order valence-electron chi connectivity index (χ0n) is 12.6. The van der Waals surface area contributed by atoms with Crippen LogP contribution in [0.5, 0.6) is 0 Å². The van der Waals surface area contributed by atoms with E-state index in [0.29, 0.717) is 12.5 Å². The summed E-state index contributed by atoms with van der Waals surface area (Å²) in [5.41, 5.74) is -1.27. The molecule has 0 spiro atoms. The van der Waals surface area contributed by atoms with E-state index in [9.17, 15) is 22.8 Å². The van der Waals surface area contributed by atoms with Crippen molar-refractivity contribution in [2.24, 2.45) is 0 Å². The van der Waals surface area contributed by atoms with E-state index in [2.05, 4.69) is 0 Å². The number of ether oxygens (including phenoxy) is 1. The molecule has 1 aliphatic rings. The Morgan fingerprint density at radius 1 is 1.38 bits per heavy atom. The first-order valence-corrected chi connectivity index (χ1v) is 7.43. The average molecular weight is 366 g/mol. The van der Waals surface area contributed by atoms with Gasteiger partial charge in [-0.25, -0.2) is 0 Å². The molecule has 2 unspecified atom stereocenters. The van der Waals surface area contributed by atoms with Crippen LogP contribution in [0.2, 0.25) is 5.02 Å². The fraction of sp³-hybridized carbons (Fsp3) is 0.467. The summed E-state index contributed by atoms with van der Waals surface area (Å²) in [5, 5.41) is 8.73. The van der Waals surface area contributed by atoms with Crippen molar-refractivity contribution in [1.29, 1.82) is 0 Å². The van der Waals surface area contributed by atoms with Crippen LogP contribution in [0.15, 0.2) is 18.2 Å². The van der Waals surface area contributed by atoms with Crippen LogP contribution in [0.4, 0.5) is 13.2 Å². The van der Waals surface area contributed by atoms with E-state index < -0.39 is 29.7 Å². The number of carbonyl (C=O) groups excluding carboxylic acids is 1. The molecule has 1 aromatic carbocycles. The molecular weight excluding hydrogens is 351 g/mol. The van der Waals surface area contributed by atoms with Crippen LogP contribution < -0.4 is 0 Å². The number of benzene rings is 1. The number of hydrogen-bond donors (Lipinski definition) is 1. The predicted octanol–water partition coefficient (Wildman–Crippen LogP) is 3.06. The Balaban J connectivity index is 2.32. The molecule has 1 aliphatic heterocycles. The molecule has 132 valence electrons. The normalized spacial score (nSPS) is 21.1. The summed E-state index contributed by atoms with van der Waals surface area (Å²) in [6.07, 6.45) is -5.00. The molecule has 5 nitrogen and oxygen atoms in total. The van der Waals surface area contributed by atoms with Crippen LogP contribution >= 0.6 is 11.6 Å². The highest BCUT2D eigenvalue weighted by Gasteiger charge is 2.38. The minimum atomic E-state index is -4.64. The number of halogens is 4. The molecule has 24 heavy (non-hydrogen) atoms. The first-order valence-electron chi connectivity index (χ1n) is 7.05. The summed E-state index contributed by atoms with van der Waals surface area (Å²) in [5.74, 6) is -1.80. The number of methoxy groups -OCH3 is 1. The van der Waals surface area contributed by atoms with Gasteiger partial charge in [0.2, 0.25) is 0 Å². The Morgan fingerprint density at radius 3 is 2.58 bits per heavy atom. The number of rotatable bonds is 4. The fourth-order valence-electron chi connectivity index (χ4n) is 2.73. The lowest BCUT2D eigenvalue weighted by Crippen LogP contribution is -2.37. The first-order chi connectivity index (χ1) is 11.1. The van der Waals surface area contributed by atoms with Gasteiger partial charge in [-0.2, -0.15) is 13.2 Å². The number of amides is 1. The zero-order valence-corrected chi connectivity index (χ0v) is 13.4. The number of nitrogens with zero attached hydrogens (tertiary/aromatic N) is 1. The lowest BCUT2D eigenvalue weighted by atomic mass is 10.1. The maximum absolute atomic E-state index is 12.9. The average Bonchev–Trinajstić information content (AvgIpc) is 2.87. The van der Waals surface area contributed by atoms with Gasteiger partial charge < -0.3 is 14.7 Å². The summed E-state index contributed by atoms with van der Waals surface area (Å²) < 4.78 is 43.8. The molecule has 2 rings (SSSR count). The standard InChI is InChI=1S/C15H15ClF3NO4/c1-24-12-5-11(6-13(21)22)20(7-12)14(23)8-2-9(15(17,18)19)4-10(16)3-8/h2-4,11-12H,5-7H2,1H3,(H,21,22). The molecule has 1 saturated heterocycles. The van der Waals surface area contributed by atoms with Crippen molar-refractivity contribution in [2.45, 2.75) is 31.2 Å². The molecular formula is C15H15ClF3NO4. The largest absolute Gasteiger partial charge is 0.481 e. The third-order valence-electron chi connectivity index (χ3n) is 3.85. The molecule has 1 amide bonds. The highest BCUT2D eigenvalue weighted by Crippen LogP contribution is 2.33. The van der Waals surface area contributed by atoms with Crippen molar-refractivity contribution in [3.63, 3.8) is 0 Å². The van der Waals surface area contributed by atoms with Crippen molar-refractivity contribution in [3.8, 4) is 0 Å². The second-order valence-electron chi connectivity index (χ2n) is 5.53. The number of alkyl halides is 3. The number of carboxylic acids is 1. The molecule has 2 atom stereocenters. The van der Waals surface area contributed by atoms with Crippen LogP contribution in [0, 0.1) is 0 Å². The molecule has 1 aromatic rings. The predicted molar refractivity (Wildman–Crippen MR) is 78.9 cm³/mol. The van der Waals surface area contributed by atoms with Crippen LogP contribution in [-0.4, -0.2) is 47.7 Å². The van der Waals surface area contributed by atoms with Crippen LogP contribution in [0.1, 0.15) is 28.8 Å². The Labute approximate surface area is 141 Å². The molecule has 1 N–H and O–H groups in total. The van der Waals surface area contributed by atoms with Crippen molar-refractivity contribution in [3.05, 3.63) is 34.3 Å². The molecule has 0 aliphatic carbocycles. The number of carboxylic acid groups (broad SMARTS) is 1. The first kappa shape index (κ1) is 18.5. The van der Waals surface area contributed by atoms with E-state index in [4.69, 9.17) is 21.4 Å². The van der Waals surface area contributed by atoms with Crippen molar-refractivity contribution < 1.29 is 32.6 Å². The van der Waals surface area contributed by atoms with Gasteiger partial charge in [0.1, 0.15) is 0 Å². The van der Waals surface area contributed by atoms with Crippen molar-refractivity contribution >= 4 is 23.5 Å². The third kappa shape index (κ3) is 4.18. The Bertz CT molecular complexity index is 650. The van der Waals surface area contributed by atoms with Gasteiger partial charge in [0.25, 0.3) is 5.91 Å². The fourth-order valence-corrected chi connectivity index (χ4v) is 2.97. The SMILES string of the molecule is COC1CC(CC(=O)O)N(C(=O)c2cc(Cl)cc(C(F)(F)F)c2)C1. The zero-order chi connectivity index (χ0) is 18.1. The van der Waals surface area contributed by atoms with Crippen LogP contribution in [-0.2, 0) is 15.7 Å². The Kier molecular flexibility index (Phi) is 5.39. The van der Waals surface area contributed by atoms with Gasteiger partial charge in [-0.1, -0.05) is 11.6 Å². The van der Waals surface area contributed by atoms with Gasteiger partial charge in [0, 0.05) is 30.3 Å². The van der Waals surface area contributed by atoms with E-state index in [0.717, 1.165) is 12.1 Å². The van der Waals surface area contributed by atoms with Gasteiger partial charge >= 0.3 is 12.1 Å². The monoisotopic (exact) mass is 365 g/mol. The van der Waals surface area contributed by atoms with E-state index >= 15 is 0 Å². The second-order valence-corrected chi connectivity index (χ2v) is 5.97. The highest BCUT2D eigenvalue weighted by atomic mass is 35.5. The van der Waals surface area contributed by atoms with Crippen LogP contribution in [0.3, 0.4) is 0 Å². The topological polar surface area (TPSA) is 66.8 Å². The summed E-state index contributed by atoms with van der Waals surface area (Å²) in [6, 6.07) is 1.94. The Hall–Kier alpha value is -1.80. The van der Waals surface area contributed by atoms with Crippen molar-refractivity contribution in [2.75, 3.05) is 13.7 Å². The van der Waals surface area contributed by atoms with Gasteiger partial charge in [0.15, 0.2) is 0 Å². The molecule has 9 heteroatoms. The van der Waals surface area contributed by atoms with Gasteiger partial charge in [-0.15, -0.1) is 0 Å². The molecule has 0 aromatic heterocycles. The second kappa shape index (κ2) is 6.98. The lowest BCUT2D eigenvalue weighted by molar-refractivity contribution is -0.138. The van der Waals surface area contributed by atoms with E-state index in [1.165, 1.54) is 12.0 Å². The minimum absolute atomic E-state index is 0.112. The van der Waals surface area contributed by atoms with E-state index in [-0.39, 0.29) is 29.7 Å². The highest BCUT2D eigenvalue weighted by molar-refractivity contribution is 6.31. The van der Waals surface area contributed by atoms with Crippen molar-refractivity contribution in [1.82, 2.24) is 4.90 Å². The number of hydrogen-bond acceptors (Lipinski definition) is 3. The Morgan fingerprint density at radius 2 is 2.04 bits per heavy atom. The maximum Gasteiger partial charge on any atom is 0.416 e.